The van der Waals surface area contributed by atoms with E-state index >= 15 is 0 Å². The summed E-state index contributed by atoms with van der Waals surface area (Å²) in [6.45, 7) is 6.94. The summed E-state index contributed by atoms with van der Waals surface area (Å²) < 4.78 is 13.4. The standard InChI is InChI=1S/C18H24FN3S/c1-13(16-9-6-10-23-16)22-17(20-4)21-12-18(2,3)14-7-5-8-15(19)11-14/h5-11,13H,12H2,1-4H3,(H2,20,21,22). The molecule has 2 rings (SSSR count). The molecule has 1 aromatic heterocycles. The molecule has 124 valence electrons. The second kappa shape index (κ2) is 7.59. The van der Waals surface area contributed by atoms with Crippen molar-refractivity contribution >= 4 is 17.3 Å². The van der Waals surface area contributed by atoms with Gasteiger partial charge < -0.3 is 10.6 Å². The molecule has 0 spiro atoms. The first kappa shape index (κ1) is 17.5. The highest BCUT2D eigenvalue weighted by Crippen LogP contribution is 2.23. The molecule has 1 unspecified atom stereocenters. The van der Waals surface area contributed by atoms with Gasteiger partial charge in [0.2, 0.25) is 0 Å². The van der Waals surface area contributed by atoms with E-state index in [-0.39, 0.29) is 17.3 Å². The summed E-state index contributed by atoms with van der Waals surface area (Å²) in [4.78, 5) is 5.54. The Morgan fingerprint density at radius 3 is 2.70 bits per heavy atom. The van der Waals surface area contributed by atoms with E-state index in [0.717, 1.165) is 11.5 Å². The van der Waals surface area contributed by atoms with Crippen molar-refractivity contribution in [3.05, 3.63) is 58.0 Å². The number of rotatable bonds is 5. The number of aliphatic imine (C=N–C) groups is 1. The molecular formula is C18H24FN3S. The second-order valence-corrected chi connectivity index (χ2v) is 7.18. The van der Waals surface area contributed by atoms with Gasteiger partial charge in [-0.15, -0.1) is 11.3 Å². The molecule has 2 aromatic rings. The van der Waals surface area contributed by atoms with Crippen LogP contribution in [0.5, 0.6) is 0 Å². The van der Waals surface area contributed by atoms with Gasteiger partial charge in [0, 0.05) is 23.9 Å². The summed E-state index contributed by atoms with van der Waals surface area (Å²) in [5.41, 5.74) is 0.762. The zero-order chi connectivity index (χ0) is 16.9. The van der Waals surface area contributed by atoms with E-state index in [0.29, 0.717) is 6.54 Å². The van der Waals surface area contributed by atoms with Crippen molar-refractivity contribution in [2.24, 2.45) is 4.99 Å². The third kappa shape index (κ3) is 4.79. The van der Waals surface area contributed by atoms with Crippen molar-refractivity contribution < 1.29 is 4.39 Å². The fourth-order valence-corrected chi connectivity index (χ4v) is 3.06. The van der Waals surface area contributed by atoms with Crippen LogP contribution >= 0.6 is 11.3 Å². The minimum absolute atomic E-state index is 0.193. The van der Waals surface area contributed by atoms with Gasteiger partial charge in [-0.3, -0.25) is 4.99 Å². The molecule has 23 heavy (non-hydrogen) atoms. The van der Waals surface area contributed by atoms with E-state index in [1.165, 1.54) is 10.9 Å². The third-order valence-corrected chi connectivity index (χ3v) is 4.91. The van der Waals surface area contributed by atoms with Crippen LogP contribution in [0.4, 0.5) is 4.39 Å². The second-order valence-electron chi connectivity index (χ2n) is 6.20. The van der Waals surface area contributed by atoms with Gasteiger partial charge in [-0.1, -0.05) is 32.0 Å². The topological polar surface area (TPSA) is 36.4 Å². The maximum absolute atomic E-state index is 13.4. The first-order chi connectivity index (χ1) is 10.9. The maximum atomic E-state index is 13.4. The normalized spacial score (nSPS) is 13.7. The third-order valence-electron chi connectivity index (χ3n) is 3.85. The van der Waals surface area contributed by atoms with Gasteiger partial charge >= 0.3 is 0 Å². The molecule has 0 saturated heterocycles. The summed E-state index contributed by atoms with van der Waals surface area (Å²) in [6, 6.07) is 11.1. The summed E-state index contributed by atoms with van der Waals surface area (Å²) in [6.07, 6.45) is 0. The molecular weight excluding hydrogens is 309 g/mol. The molecule has 1 heterocycles. The molecule has 0 aliphatic rings. The number of halogens is 1. The Morgan fingerprint density at radius 1 is 1.30 bits per heavy atom. The number of nitrogens with one attached hydrogen (secondary N) is 2. The molecule has 0 fully saturated rings. The van der Waals surface area contributed by atoms with Gasteiger partial charge in [0.05, 0.1) is 6.04 Å². The van der Waals surface area contributed by atoms with Gasteiger partial charge in [0.1, 0.15) is 5.82 Å². The van der Waals surface area contributed by atoms with Crippen LogP contribution in [-0.2, 0) is 5.41 Å². The SMILES string of the molecule is CN=C(NCC(C)(C)c1cccc(F)c1)NC(C)c1cccs1. The minimum atomic E-state index is -0.204. The van der Waals surface area contributed by atoms with Crippen molar-refractivity contribution in [1.29, 1.82) is 0 Å². The summed E-state index contributed by atoms with van der Waals surface area (Å²) in [7, 11) is 1.76. The Labute approximate surface area is 141 Å². The lowest BCUT2D eigenvalue weighted by molar-refractivity contribution is 0.501. The number of guanidine groups is 1. The fourth-order valence-electron chi connectivity index (χ4n) is 2.32. The van der Waals surface area contributed by atoms with E-state index < -0.39 is 0 Å². The van der Waals surface area contributed by atoms with Gasteiger partial charge in [-0.2, -0.15) is 0 Å². The van der Waals surface area contributed by atoms with E-state index in [1.54, 1.807) is 30.5 Å². The smallest absolute Gasteiger partial charge is 0.191 e. The molecule has 0 radical (unpaired) electrons. The molecule has 2 N–H and O–H groups in total. The van der Waals surface area contributed by atoms with Crippen LogP contribution in [0.2, 0.25) is 0 Å². The predicted molar refractivity (Wildman–Crippen MR) is 96.7 cm³/mol. The highest BCUT2D eigenvalue weighted by Gasteiger charge is 2.21. The van der Waals surface area contributed by atoms with Crippen LogP contribution < -0.4 is 10.6 Å². The van der Waals surface area contributed by atoms with Gasteiger partial charge in [-0.25, -0.2) is 4.39 Å². The molecule has 5 heteroatoms. The van der Waals surface area contributed by atoms with Gasteiger partial charge in [0.15, 0.2) is 5.96 Å². The lowest BCUT2D eigenvalue weighted by Gasteiger charge is -2.27. The summed E-state index contributed by atoms with van der Waals surface area (Å²) in [5.74, 6) is 0.541. The lowest BCUT2D eigenvalue weighted by Crippen LogP contribution is -2.44. The largest absolute Gasteiger partial charge is 0.356 e. The van der Waals surface area contributed by atoms with Crippen LogP contribution in [-0.4, -0.2) is 19.6 Å². The van der Waals surface area contributed by atoms with E-state index in [4.69, 9.17) is 0 Å². The van der Waals surface area contributed by atoms with Gasteiger partial charge in [0.25, 0.3) is 0 Å². The Morgan fingerprint density at radius 2 is 2.09 bits per heavy atom. The molecule has 0 aliphatic heterocycles. The number of hydrogen-bond acceptors (Lipinski definition) is 2. The summed E-state index contributed by atoms with van der Waals surface area (Å²) in [5, 5.41) is 8.79. The van der Waals surface area contributed by atoms with Crippen molar-refractivity contribution in [1.82, 2.24) is 10.6 Å². The number of hydrogen-bond donors (Lipinski definition) is 2. The monoisotopic (exact) mass is 333 g/mol. The first-order valence-corrected chi connectivity index (χ1v) is 8.57. The predicted octanol–water partition coefficient (Wildman–Crippen LogP) is 4.09. The Kier molecular flexibility index (Phi) is 5.77. The van der Waals surface area contributed by atoms with Crippen LogP contribution in [0.3, 0.4) is 0 Å². The van der Waals surface area contributed by atoms with Crippen LogP contribution in [0.15, 0.2) is 46.8 Å². The zero-order valence-corrected chi connectivity index (χ0v) is 14.9. The Balaban J connectivity index is 1.97. The van der Waals surface area contributed by atoms with Crippen LogP contribution in [0.25, 0.3) is 0 Å². The summed E-state index contributed by atoms with van der Waals surface area (Å²) >= 11 is 1.72. The average molecular weight is 333 g/mol. The molecule has 1 atom stereocenters. The van der Waals surface area contributed by atoms with Crippen LogP contribution in [0.1, 0.15) is 37.3 Å². The van der Waals surface area contributed by atoms with E-state index in [2.05, 4.69) is 47.8 Å². The molecule has 3 nitrogen and oxygen atoms in total. The average Bonchev–Trinajstić information content (AvgIpc) is 3.05. The van der Waals surface area contributed by atoms with E-state index in [9.17, 15) is 4.39 Å². The fraction of sp³-hybridized carbons (Fsp3) is 0.389. The Hall–Kier alpha value is -1.88. The molecule has 0 bridgehead atoms. The minimum Gasteiger partial charge on any atom is -0.356 e. The molecule has 0 saturated carbocycles. The van der Waals surface area contributed by atoms with Crippen LogP contribution in [0, 0.1) is 5.82 Å². The molecule has 0 aliphatic carbocycles. The molecule has 1 aromatic carbocycles. The van der Waals surface area contributed by atoms with Crippen molar-refractivity contribution in [2.45, 2.75) is 32.2 Å². The Bertz CT molecular complexity index is 650. The zero-order valence-electron chi connectivity index (χ0n) is 14.1. The molecule has 0 amide bonds. The highest BCUT2D eigenvalue weighted by atomic mass is 32.1. The lowest BCUT2D eigenvalue weighted by atomic mass is 9.84. The number of benzene rings is 1. The van der Waals surface area contributed by atoms with Crippen molar-refractivity contribution in [2.75, 3.05) is 13.6 Å². The maximum Gasteiger partial charge on any atom is 0.191 e. The number of nitrogens with zero attached hydrogens (tertiary/aromatic N) is 1. The quantitative estimate of drug-likeness (QED) is 0.639. The first-order valence-electron chi connectivity index (χ1n) is 7.69. The van der Waals surface area contributed by atoms with E-state index in [1.807, 2.05) is 12.1 Å². The van der Waals surface area contributed by atoms with Gasteiger partial charge in [-0.05, 0) is 36.1 Å². The van der Waals surface area contributed by atoms with Crippen molar-refractivity contribution in [3.63, 3.8) is 0 Å². The van der Waals surface area contributed by atoms with Crippen molar-refractivity contribution in [3.8, 4) is 0 Å². The number of thiophene rings is 1. The highest BCUT2D eigenvalue weighted by molar-refractivity contribution is 7.10.